The summed E-state index contributed by atoms with van der Waals surface area (Å²) in [5, 5.41) is 6.84. The van der Waals surface area contributed by atoms with Crippen LogP contribution in [0, 0.1) is 0 Å². The van der Waals surface area contributed by atoms with Crippen LogP contribution in [0.4, 0.5) is 0 Å². The lowest BCUT2D eigenvalue weighted by Crippen LogP contribution is -2.14. The summed E-state index contributed by atoms with van der Waals surface area (Å²) >= 11 is 3.59. The van der Waals surface area contributed by atoms with Crippen molar-refractivity contribution in [2.75, 3.05) is 0 Å². The number of rotatable bonds is 4. The lowest BCUT2D eigenvalue weighted by Gasteiger charge is -2.21. The summed E-state index contributed by atoms with van der Waals surface area (Å²) in [5.41, 5.74) is 12.1. The quantitative estimate of drug-likeness (QED) is 0.178. The van der Waals surface area contributed by atoms with Crippen LogP contribution < -0.4 is 0 Å². The maximum absolute atomic E-state index is 6.64. The highest BCUT2D eigenvalue weighted by Gasteiger charge is 2.36. The number of furan rings is 1. The van der Waals surface area contributed by atoms with Crippen LogP contribution in [-0.4, -0.2) is 15.0 Å². The van der Waals surface area contributed by atoms with Crippen molar-refractivity contribution in [3.05, 3.63) is 175 Å². The van der Waals surface area contributed by atoms with E-state index in [1.165, 1.54) is 58.1 Å². The van der Waals surface area contributed by atoms with Gasteiger partial charge in [0, 0.05) is 73.2 Å². The van der Waals surface area contributed by atoms with Gasteiger partial charge in [-0.15, -0.1) is 22.7 Å². The Bertz CT molecular complexity index is 3770. The van der Waals surface area contributed by atoms with Crippen molar-refractivity contribution in [1.82, 2.24) is 15.0 Å². The molecule has 6 heteroatoms. The molecule has 8 aromatic carbocycles. The smallest absolute Gasteiger partial charge is 0.165 e. The van der Waals surface area contributed by atoms with Gasteiger partial charge in [-0.2, -0.15) is 0 Å². The van der Waals surface area contributed by atoms with Crippen LogP contribution in [0.25, 0.3) is 119 Å². The van der Waals surface area contributed by atoms with E-state index < -0.39 is 0 Å². The van der Waals surface area contributed by atoms with E-state index in [4.69, 9.17) is 19.4 Å². The molecule has 0 aliphatic heterocycles. The molecule has 1 aliphatic rings. The zero-order chi connectivity index (χ0) is 39.7. The Morgan fingerprint density at radius 3 is 1.85 bits per heavy atom. The van der Waals surface area contributed by atoms with Crippen molar-refractivity contribution in [1.29, 1.82) is 0 Å². The minimum absolute atomic E-state index is 0.0878. The van der Waals surface area contributed by atoms with Gasteiger partial charge in [-0.1, -0.05) is 135 Å². The van der Waals surface area contributed by atoms with E-state index in [0.29, 0.717) is 17.5 Å². The Kier molecular flexibility index (Phi) is 7.07. The van der Waals surface area contributed by atoms with E-state index in [9.17, 15) is 0 Å². The molecule has 0 amide bonds. The Labute approximate surface area is 353 Å². The Balaban J connectivity index is 1.07. The first-order chi connectivity index (χ1) is 29.5. The number of thiophene rings is 2. The molecule has 60 heavy (non-hydrogen) atoms. The molecule has 0 bridgehead atoms. The second kappa shape index (κ2) is 12.5. The van der Waals surface area contributed by atoms with Crippen molar-refractivity contribution < 1.29 is 4.42 Å². The topological polar surface area (TPSA) is 51.8 Å². The van der Waals surface area contributed by atoms with Gasteiger partial charge in [0.25, 0.3) is 0 Å². The van der Waals surface area contributed by atoms with E-state index in [1.807, 2.05) is 6.07 Å². The van der Waals surface area contributed by atoms with Crippen molar-refractivity contribution in [3.8, 4) is 56.4 Å². The standard InChI is InChI=1S/C54H33N3OS2/c1-54(2)40-21-6-3-14-34(40)47-31(16-10-22-41(47)54)30-27-28-42-39(29-30)48-36(18-11-23-43(48)58-42)51-55-52(37-19-12-26-46-49(37)35-15-5-8-25-45(35)59-46)57-53(56-51)38-20-9-17-33-32-13-4-7-24-44(32)60-50(33)38/h3-29H,1-2H3. The highest BCUT2D eigenvalue weighted by Crippen LogP contribution is 2.52. The van der Waals surface area contributed by atoms with Crippen molar-refractivity contribution in [2.45, 2.75) is 19.3 Å². The fourth-order valence-corrected chi connectivity index (χ4v) is 12.1. The average molecular weight is 804 g/mol. The maximum atomic E-state index is 6.64. The first kappa shape index (κ1) is 33.9. The van der Waals surface area contributed by atoms with Gasteiger partial charge in [0.2, 0.25) is 0 Å². The van der Waals surface area contributed by atoms with Crippen LogP contribution in [0.2, 0.25) is 0 Å². The van der Waals surface area contributed by atoms with Gasteiger partial charge in [0.05, 0.1) is 0 Å². The van der Waals surface area contributed by atoms with Crippen molar-refractivity contribution >= 4 is 85.0 Å². The van der Waals surface area contributed by atoms with Gasteiger partial charge in [0.15, 0.2) is 17.5 Å². The molecule has 0 N–H and O–H groups in total. The normalized spacial score (nSPS) is 13.3. The summed E-state index contributed by atoms with van der Waals surface area (Å²) in [6, 6.07) is 58.6. The van der Waals surface area contributed by atoms with Crippen molar-refractivity contribution in [3.63, 3.8) is 0 Å². The molecule has 0 atom stereocenters. The first-order valence-electron chi connectivity index (χ1n) is 20.3. The van der Waals surface area contributed by atoms with Gasteiger partial charge in [-0.3, -0.25) is 0 Å². The molecule has 0 saturated carbocycles. The molecule has 0 saturated heterocycles. The second-order valence-corrected chi connectivity index (χ2v) is 18.4. The molecule has 0 radical (unpaired) electrons. The van der Waals surface area contributed by atoms with Crippen LogP contribution >= 0.6 is 22.7 Å². The predicted octanol–water partition coefficient (Wildman–Crippen LogP) is 15.5. The third-order valence-corrected chi connectivity index (χ3v) is 14.9. The second-order valence-electron chi connectivity index (χ2n) is 16.3. The Hall–Kier alpha value is -6.99. The third-order valence-electron chi connectivity index (χ3n) is 12.6. The van der Waals surface area contributed by atoms with E-state index in [0.717, 1.165) is 54.3 Å². The van der Waals surface area contributed by atoms with E-state index >= 15 is 0 Å². The highest BCUT2D eigenvalue weighted by molar-refractivity contribution is 7.26. The molecule has 4 nitrogen and oxygen atoms in total. The SMILES string of the molecule is CC1(C)c2ccccc2-c2c(-c3ccc4oc5cccc(-c6nc(-c7cccc8c7sc7ccccc78)nc(-c7cccc8sc9ccccc9c78)n6)c5c4c3)cccc21. The number of hydrogen-bond donors (Lipinski definition) is 0. The number of benzene rings is 8. The molecule has 12 aromatic rings. The van der Waals surface area contributed by atoms with Crippen LogP contribution in [0.1, 0.15) is 25.0 Å². The van der Waals surface area contributed by atoms with Gasteiger partial charge >= 0.3 is 0 Å². The summed E-state index contributed by atoms with van der Waals surface area (Å²) in [6.45, 7) is 4.67. The Morgan fingerprint density at radius 2 is 1.00 bits per heavy atom. The van der Waals surface area contributed by atoms with Gasteiger partial charge in [-0.05, 0) is 75.8 Å². The molecular weight excluding hydrogens is 771 g/mol. The summed E-state index contributed by atoms with van der Waals surface area (Å²) in [5.74, 6) is 1.91. The minimum Gasteiger partial charge on any atom is -0.456 e. The fraction of sp³-hybridized carbons (Fsp3) is 0.0556. The maximum Gasteiger partial charge on any atom is 0.165 e. The average Bonchev–Trinajstić information content (AvgIpc) is 4.04. The van der Waals surface area contributed by atoms with Crippen LogP contribution in [0.5, 0.6) is 0 Å². The molecule has 4 heterocycles. The number of nitrogens with zero attached hydrogens (tertiary/aromatic N) is 3. The third kappa shape index (κ3) is 4.80. The highest BCUT2D eigenvalue weighted by atomic mass is 32.1. The summed E-state index contributed by atoms with van der Waals surface area (Å²) in [4.78, 5) is 16.2. The number of fused-ring (bicyclic) bond motifs is 12. The van der Waals surface area contributed by atoms with E-state index in [-0.39, 0.29) is 5.41 Å². The van der Waals surface area contributed by atoms with Gasteiger partial charge in [-0.25, -0.2) is 15.0 Å². The van der Waals surface area contributed by atoms with Crippen LogP contribution in [-0.2, 0) is 5.41 Å². The lowest BCUT2D eigenvalue weighted by molar-refractivity contribution is 0.660. The first-order valence-corrected chi connectivity index (χ1v) is 21.9. The van der Waals surface area contributed by atoms with Crippen molar-refractivity contribution in [2.24, 2.45) is 0 Å². The number of hydrogen-bond acceptors (Lipinski definition) is 6. The molecule has 4 aromatic heterocycles. The molecule has 13 rings (SSSR count). The zero-order valence-electron chi connectivity index (χ0n) is 32.7. The molecule has 0 fully saturated rings. The predicted molar refractivity (Wildman–Crippen MR) is 252 cm³/mol. The summed E-state index contributed by atoms with van der Waals surface area (Å²) in [6.07, 6.45) is 0. The fourth-order valence-electron chi connectivity index (χ4n) is 9.80. The largest absolute Gasteiger partial charge is 0.456 e. The summed E-state index contributed by atoms with van der Waals surface area (Å²) < 4.78 is 11.5. The van der Waals surface area contributed by atoms with E-state index in [1.54, 1.807) is 22.7 Å². The number of aromatic nitrogens is 3. The molecule has 0 unspecified atom stereocenters. The van der Waals surface area contributed by atoms with Crippen LogP contribution in [0.15, 0.2) is 168 Å². The monoisotopic (exact) mass is 803 g/mol. The Morgan fingerprint density at radius 1 is 0.417 bits per heavy atom. The molecule has 282 valence electrons. The summed E-state index contributed by atoms with van der Waals surface area (Å²) in [7, 11) is 0. The lowest BCUT2D eigenvalue weighted by atomic mass is 9.82. The van der Waals surface area contributed by atoms with Crippen LogP contribution in [0.3, 0.4) is 0 Å². The van der Waals surface area contributed by atoms with Gasteiger partial charge in [0.1, 0.15) is 11.2 Å². The minimum atomic E-state index is -0.0878. The zero-order valence-corrected chi connectivity index (χ0v) is 34.3. The van der Waals surface area contributed by atoms with Gasteiger partial charge < -0.3 is 4.42 Å². The molecule has 1 aliphatic carbocycles. The van der Waals surface area contributed by atoms with E-state index in [2.05, 4.69) is 172 Å². The molecule has 0 spiro atoms. The molecular formula is C54H33N3OS2.